The molecule has 0 unspecified atom stereocenters. The molecule has 0 aliphatic heterocycles. The van der Waals surface area contributed by atoms with Gasteiger partial charge in [-0.1, -0.05) is 6.92 Å². The zero-order valence-corrected chi connectivity index (χ0v) is 24.3. The largest absolute Gasteiger partial charge is 0.494 e. The standard InChI is InChI=1S/C25H29BrN8O4S/c1-5-15-12-20(21(38-3)13-19(15)28-10-11-35)32-25-30-14-16(26)24(33-25)31-18-7-6-17-22(29-9-8-27-17)23(18)34(2)39(4,36)37/h6-9,12-14,28,35H,5,10-11H2,1-4H3,(H2,30,31,32,33). The summed E-state index contributed by atoms with van der Waals surface area (Å²) < 4.78 is 32.2. The van der Waals surface area contributed by atoms with E-state index in [1.807, 2.05) is 19.1 Å². The van der Waals surface area contributed by atoms with Gasteiger partial charge in [0.2, 0.25) is 16.0 Å². The van der Waals surface area contributed by atoms with Crippen molar-refractivity contribution in [2.75, 3.05) is 53.8 Å². The molecular formula is C25H29BrN8O4S. The molecule has 12 nitrogen and oxygen atoms in total. The number of ether oxygens (including phenoxy) is 1. The van der Waals surface area contributed by atoms with E-state index >= 15 is 0 Å². The molecular weight excluding hydrogens is 588 g/mol. The van der Waals surface area contributed by atoms with Crippen molar-refractivity contribution >= 4 is 71.5 Å². The molecule has 4 rings (SSSR count). The van der Waals surface area contributed by atoms with Gasteiger partial charge in [-0.25, -0.2) is 13.4 Å². The SMILES string of the molecule is CCc1cc(Nc2ncc(Br)c(Nc3ccc4nccnc4c3N(C)S(C)(=O)=O)n2)c(OC)cc1NCCO. The van der Waals surface area contributed by atoms with Crippen LogP contribution in [0.4, 0.5) is 34.5 Å². The smallest absolute Gasteiger partial charge is 0.232 e. The summed E-state index contributed by atoms with van der Waals surface area (Å²) >= 11 is 3.48. The quantitative estimate of drug-likeness (QED) is 0.193. The number of hydrogen-bond acceptors (Lipinski definition) is 11. The number of nitrogens with zero attached hydrogens (tertiary/aromatic N) is 5. The number of hydrogen-bond donors (Lipinski definition) is 4. The zero-order chi connectivity index (χ0) is 28.2. The van der Waals surface area contributed by atoms with E-state index in [-0.39, 0.29) is 12.6 Å². The first-order valence-corrected chi connectivity index (χ1v) is 14.6. The monoisotopic (exact) mass is 616 g/mol. The topological polar surface area (TPSA) is 154 Å². The first kappa shape index (κ1) is 28.3. The Hall–Kier alpha value is -3.75. The minimum atomic E-state index is -3.61. The van der Waals surface area contributed by atoms with E-state index in [0.717, 1.165) is 28.2 Å². The number of methoxy groups -OCH3 is 1. The van der Waals surface area contributed by atoms with E-state index in [2.05, 4.69) is 51.8 Å². The maximum absolute atomic E-state index is 12.5. The summed E-state index contributed by atoms with van der Waals surface area (Å²) in [6.07, 6.45) is 6.52. The molecule has 0 amide bonds. The molecule has 0 saturated heterocycles. The summed E-state index contributed by atoms with van der Waals surface area (Å²) in [5.74, 6) is 1.25. The van der Waals surface area contributed by atoms with Crippen LogP contribution < -0.4 is 25.0 Å². The van der Waals surface area contributed by atoms with Crippen molar-refractivity contribution in [1.82, 2.24) is 19.9 Å². The summed E-state index contributed by atoms with van der Waals surface area (Å²) in [5, 5.41) is 18.8. The predicted octanol–water partition coefficient (Wildman–Crippen LogP) is 4.04. The maximum Gasteiger partial charge on any atom is 0.232 e. The molecule has 206 valence electrons. The maximum atomic E-state index is 12.5. The summed E-state index contributed by atoms with van der Waals surface area (Å²) in [6.45, 7) is 2.47. The van der Waals surface area contributed by atoms with E-state index in [4.69, 9.17) is 4.74 Å². The van der Waals surface area contributed by atoms with E-state index < -0.39 is 10.0 Å². The molecule has 0 saturated carbocycles. The number of aliphatic hydroxyl groups is 1. The molecule has 2 heterocycles. The number of rotatable bonds is 11. The fourth-order valence-corrected chi connectivity index (χ4v) is 4.72. The van der Waals surface area contributed by atoms with Gasteiger partial charge in [-0.15, -0.1) is 0 Å². The highest BCUT2D eigenvalue weighted by atomic mass is 79.9. The Labute approximate surface area is 235 Å². The van der Waals surface area contributed by atoms with Gasteiger partial charge in [-0.3, -0.25) is 14.3 Å². The number of sulfonamides is 1. The first-order valence-electron chi connectivity index (χ1n) is 12.0. The number of aliphatic hydroxyl groups excluding tert-OH is 1. The lowest BCUT2D eigenvalue weighted by molar-refractivity contribution is 0.311. The first-order chi connectivity index (χ1) is 18.7. The Morgan fingerprint density at radius 1 is 1.08 bits per heavy atom. The molecule has 0 aliphatic carbocycles. The fraction of sp³-hybridized carbons (Fsp3) is 0.280. The highest BCUT2D eigenvalue weighted by Crippen LogP contribution is 2.37. The van der Waals surface area contributed by atoms with Crippen LogP contribution in [0, 0.1) is 0 Å². The van der Waals surface area contributed by atoms with Crippen molar-refractivity contribution < 1.29 is 18.3 Å². The summed E-state index contributed by atoms with van der Waals surface area (Å²) in [6, 6.07) is 7.28. The van der Waals surface area contributed by atoms with Gasteiger partial charge in [0.05, 0.1) is 41.3 Å². The van der Waals surface area contributed by atoms with Crippen LogP contribution in [0.15, 0.2) is 47.3 Å². The number of fused-ring (bicyclic) bond motifs is 1. The number of aromatic nitrogens is 4. The predicted molar refractivity (Wildman–Crippen MR) is 157 cm³/mol. The Bertz CT molecular complexity index is 1600. The van der Waals surface area contributed by atoms with Gasteiger partial charge in [0.1, 0.15) is 22.8 Å². The lowest BCUT2D eigenvalue weighted by Crippen LogP contribution is -2.26. The highest BCUT2D eigenvalue weighted by Gasteiger charge is 2.22. The molecule has 39 heavy (non-hydrogen) atoms. The van der Waals surface area contributed by atoms with Crippen molar-refractivity contribution in [3.63, 3.8) is 0 Å². The zero-order valence-electron chi connectivity index (χ0n) is 21.9. The van der Waals surface area contributed by atoms with Gasteiger partial charge in [0, 0.05) is 43.9 Å². The second-order valence-corrected chi connectivity index (χ2v) is 11.3. The number of aryl methyl sites for hydroxylation is 1. The van der Waals surface area contributed by atoms with Crippen LogP contribution in [0.1, 0.15) is 12.5 Å². The molecule has 0 spiro atoms. The molecule has 14 heteroatoms. The van der Waals surface area contributed by atoms with Crippen LogP contribution in [0.3, 0.4) is 0 Å². The molecule has 2 aromatic carbocycles. The fourth-order valence-electron chi connectivity index (χ4n) is 3.91. The summed E-state index contributed by atoms with van der Waals surface area (Å²) in [4.78, 5) is 17.7. The number of anilines is 6. The minimum absolute atomic E-state index is 0.0133. The van der Waals surface area contributed by atoms with Crippen LogP contribution in [0.2, 0.25) is 0 Å². The average Bonchev–Trinajstić information content (AvgIpc) is 2.92. The molecule has 0 fully saturated rings. The van der Waals surface area contributed by atoms with Gasteiger partial charge >= 0.3 is 0 Å². The van der Waals surface area contributed by atoms with Crippen molar-refractivity contribution in [3.05, 3.63) is 52.9 Å². The lowest BCUT2D eigenvalue weighted by atomic mass is 10.1. The molecule has 0 bridgehead atoms. The molecule has 0 radical (unpaired) electrons. The van der Waals surface area contributed by atoms with Crippen LogP contribution in [0.5, 0.6) is 5.75 Å². The molecule has 0 atom stereocenters. The van der Waals surface area contributed by atoms with Crippen molar-refractivity contribution in [3.8, 4) is 5.75 Å². The van der Waals surface area contributed by atoms with Gasteiger partial charge in [0.25, 0.3) is 0 Å². The molecule has 4 aromatic rings. The summed E-state index contributed by atoms with van der Waals surface area (Å²) in [5.41, 5.74) is 4.33. The Balaban J connectivity index is 1.72. The van der Waals surface area contributed by atoms with Gasteiger partial charge in [0.15, 0.2) is 0 Å². The van der Waals surface area contributed by atoms with E-state index in [1.54, 1.807) is 31.6 Å². The van der Waals surface area contributed by atoms with Crippen LogP contribution >= 0.6 is 15.9 Å². The van der Waals surface area contributed by atoms with Gasteiger partial charge in [-0.2, -0.15) is 4.98 Å². The normalized spacial score (nSPS) is 11.3. The van der Waals surface area contributed by atoms with Crippen LogP contribution in [-0.4, -0.2) is 67.0 Å². The minimum Gasteiger partial charge on any atom is -0.494 e. The summed E-state index contributed by atoms with van der Waals surface area (Å²) in [7, 11) is -0.579. The molecule has 4 N–H and O–H groups in total. The van der Waals surface area contributed by atoms with Crippen LogP contribution in [0.25, 0.3) is 11.0 Å². The second-order valence-electron chi connectivity index (χ2n) is 8.47. The van der Waals surface area contributed by atoms with E-state index in [9.17, 15) is 13.5 Å². The van der Waals surface area contributed by atoms with Crippen molar-refractivity contribution in [2.45, 2.75) is 13.3 Å². The Morgan fingerprint density at radius 3 is 2.54 bits per heavy atom. The number of benzene rings is 2. The second kappa shape index (κ2) is 12.0. The molecule has 2 aromatic heterocycles. The van der Waals surface area contributed by atoms with E-state index in [1.165, 1.54) is 13.2 Å². The lowest BCUT2D eigenvalue weighted by Gasteiger charge is -2.22. The van der Waals surface area contributed by atoms with Gasteiger partial charge in [-0.05, 0) is 46.1 Å². The third-order valence-electron chi connectivity index (χ3n) is 5.90. The third kappa shape index (κ3) is 6.29. The highest BCUT2D eigenvalue weighted by molar-refractivity contribution is 9.10. The van der Waals surface area contributed by atoms with Crippen molar-refractivity contribution in [2.24, 2.45) is 0 Å². The van der Waals surface area contributed by atoms with Gasteiger partial charge < -0.3 is 25.8 Å². The Morgan fingerprint density at radius 2 is 1.85 bits per heavy atom. The average molecular weight is 618 g/mol. The van der Waals surface area contributed by atoms with Crippen LogP contribution in [-0.2, 0) is 16.4 Å². The number of halogens is 1. The number of nitrogens with one attached hydrogen (secondary N) is 3. The van der Waals surface area contributed by atoms with Crippen molar-refractivity contribution in [1.29, 1.82) is 0 Å². The molecule has 0 aliphatic rings. The Kier molecular flexibility index (Phi) is 8.67. The van der Waals surface area contributed by atoms with E-state index in [0.29, 0.717) is 50.7 Å². The third-order valence-corrected chi connectivity index (χ3v) is 7.66.